The van der Waals surface area contributed by atoms with Crippen molar-refractivity contribution in [1.82, 2.24) is 10.9 Å². The molecule has 72 valence electrons. The van der Waals surface area contributed by atoms with Gasteiger partial charge in [0.1, 0.15) is 0 Å². The van der Waals surface area contributed by atoms with Gasteiger partial charge >= 0.3 is 0 Å². The molecule has 2 nitrogen and oxygen atoms in total. The van der Waals surface area contributed by atoms with Crippen LogP contribution in [0.1, 0.15) is 26.3 Å². The van der Waals surface area contributed by atoms with E-state index in [-0.39, 0.29) is 5.54 Å². The van der Waals surface area contributed by atoms with Crippen LogP contribution in [0.4, 0.5) is 0 Å². The van der Waals surface area contributed by atoms with Crippen molar-refractivity contribution in [2.75, 3.05) is 0 Å². The van der Waals surface area contributed by atoms with Gasteiger partial charge in [-0.3, -0.25) is 10.9 Å². The lowest BCUT2D eigenvalue weighted by molar-refractivity contribution is 0.355. The molecule has 0 aliphatic heterocycles. The molecule has 0 saturated carbocycles. The van der Waals surface area contributed by atoms with E-state index in [2.05, 4.69) is 43.8 Å². The fourth-order valence-corrected chi connectivity index (χ4v) is 1.01. The second-order valence-electron chi connectivity index (χ2n) is 4.21. The summed E-state index contributed by atoms with van der Waals surface area (Å²) in [7, 11) is 0. The molecule has 1 aromatic carbocycles. The van der Waals surface area contributed by atoms with Crippen molar-refractivity contribution in [2.45, 2.75) is 32.9 Å². The molecule has 2 N–H and O–H groups in total. The van der Waals surface area contributed by atoms with Gasteiger partial charge in [-0.15, -0.1) is 0 Å². The summed E-state index contributed by atoms with van der Waals surface area (Å²) in [6.45, 7) is 7.25. The van der Waals surface area contributed by atoms with Gasteiger partial charge in [0.2, 0.25) is 0 Å². The first-order valence-corrected chi connectivity index (χ1v) is 4.62. The molecule has 0 aliphatic carbocycles. The maximum atomic E-state index is 3.22. The maximum absolute atomic E-state index is 3.22. The molecule has 0 radical (unpaired) electrons. The first-order valence-electron chi connectivity index (χ1n) is 4.62. The molecule has 2 heteroatoms. The Hall–Kier alpha value is -0.860. The Morgan fingerprint density at radius 3 is 2.23 bits per heavy atom. The van der Waals surface area contributed by atoms with E-state index in [0.29, 0.717) is 0 Å². The van der Waals surface area contributed by atoms with Gasteiger partial charge < -0.3 is 0 Å². The minimum absolute atomic E-state index is 0.120. The summed E-state index contributed by atoms with van der Waals surface area (Å²) in [5.74, 6) is 0. The zero-order valence-corrected chi connectivity index (χ0v) is 8.59. The number of hydrogen-bond donors (Lipinski definition) is 2. The molecule has 0 amide bonds. The van der Waals surface area contributed by atoms with Crippen LogP contribution in [0, 0.1) is 0 Å². The molecule has 0 aliphatic rings. The number of rotatable bonds is 3. The summed E-state index contributed by atoms with van der Waals surface area (Å²) < 4.78 is 0. The monoisotopic (exact) mass is 178 g/mol. The summed E-state index contributed by atoms with van der Waals surface area (Å²) >= 11 is 0. The highest BCUT2D eigenvalue weighted by Gasteiger charge is 2.06. The SMILES string of the molecule is CC(C)(C)NNCc1ccccc1. The van der Waals surface area contributed by atoms with E-state index in [9.17, 15) is 0 Å². The van der Waals surface area contributed by atoms with Crippen LogP contribution < -0.4 is 10.9 Å². The molecule has 0 unspecified atom stereocenters. The lowest BCUT2D eigenvalue weighted by Crippen LogP contribution is -2.45. The van der Waals surface area contributed by atoms with Crippen molar-refractivity contribution in [3.05, 3.63) is 35.9 Å². The second kappa shape index (κ2) is 4.40. The molecule has 1 rings (SSSR count). The van der Waals surface area contributed by atoms with Crippen molar-refractivity contribution >= 4 is 0 Å². The Labute approximate surface area is 80.3 Å². The Kier molecular flexibility index (Phi) is 3.46. The van der Waals surface area contributed by atoms with Crippen LogP contribution in [0.5, 0.6) is 0 Å². The third-order valence-corrected chi connectivity index (χ3v) is 1.60. The molecule has 0 spiro atoms. The molecular formula is C11H18N2. The third kappa shape index (κ3) is 4.65. The molecular weight excluding hydrogens is 160 g/mol. The molecule has 0 bridgehead atoms. The quantitative estimate of drug-likeness (QED) is 0.692. The lowest BCUT2D eigenvalue weighted by Gasteiger charge is -2.21. The van der Waals surface area contributed by atoms with Gasteiger partial charge in [-0.2, -0.15) is 0 Å². The molecule has 0 aromatic heterocycles. The Balaban J connectivity index is 2.29. The molecule has 0 saturated heterocycles. The summed E-state index contributed by atoms with van der Waals surface area (Å²) in [5.41, 5.74) is 7.82. The van der Waals surface area contributed by atoms with Crippen LogP contribution in [-0.2, 0) is 6.54 Å². The van der Waals surface area contributed by atoms with Gasteiger partial charge in [0.25, 0.3) is 0 Å². The van der Waals surface area contributed by atoms with Crippen LogP contribution in [-0.4, -0.2) is 5.54 Å². The Morgan fingerprint density at radius 2 is 1.69 bits per heavy atom. The van der Waals surface area contributed by atoms with Crippen molar-refractivity contribution in [3.8, 4) is 0 Å². The van der Waals surface area contributed by atoms with Crippen molar-refractivity contribution in [2.24, 2.45) is 0 Å². The van der Waals surface area contributed by atoms with E-state index < -0.39 is 0 Å². The van der Waals surface area contributed by atoms with Crippen LogP contribution >= 0.6 is 0 Å². The number of nitrogens with one attached hydrogen (secondary N) is 2. The molecule has 0 heterocycles. The van der Waals surface area contributed by atoms with Gasteiger partial charge in [0.05, 0.1) is 0 Å². The molecule has 1 aromatic rings. The fourth-order valence-electron chi connectivity index (χ4n) is 1.01. The largest absolute Gasteiger partial charge is 0.253 e. The Morgan fingerprint density at radius 1 is 1.08 bits per heavy atom. The normalized spacial score (nSPS) is 11.6. The van der Waals surface area contributed by atoms with Crippen molar-refractivity contribution in [3.63, 3.8) is 0 Å². The van der Waals surface area contributed by atoms with Gasteiger partial charge in [-0.05, 0) is 26.3 Å². The van der Waals surface area contributed by atoms with E-state index in [1.165, 1.54) is 5.56 Å². The van der Waals surface area contributed by atoms with E-state index in [1.807, 2.05) is 18.2 Å². The van der Waals surface area contributed by atoms with E-state index >= 15 is 0 Å². The average Bonchev–Trinajstić information content (AvgIpc) is 2.04. The summed E-state index contributed by atoms with van der Waals surface area (Å²) in [4.78, 5) is 0. The minimum Gasteiger partial charge on any atom is -0.253 e. The zero-order chi connectivity index (χ0) is 9.73. The fraction of sp³-hybridized carbons (Fsp3) is 0.455. The zero-order valence-electron chi connectivity index (χ0n) is 8.59. The highest BCUT2D eigenvalue weighted by Crippen LogP contribution is 1.99. The average molecular weight is 178 g/mol. The maximum Gasteiger partial charge on any atom is 0.0351 e. The summed E-state index contributed by atoms with van der Waals surface area (Å²) in [6.07, 6.45) is 0. The highest BCUT2D eigenvalue weighted by molar-refractivity contribution is 5.14. The van der Waals surface area contributed by atoms with Crippen LogP contribution in [0.25, 0.3) is 0 Å². The standard InChI is InChI=1S/C11H18N2/c1-11(2,3)13-12-9-10-7-5-4-6-8-10/h4-8,12-13H,9H2,1-3H3. The van der Waals surface area contributed by atoms with Crippen LogP contribution in [0.3, 0.4) is 0 Å². The topological polar surface area (TPSA) is 24.1 Å². The van der Waals surface area contributed by atoms with Gasteiger partial charge in [0.15, 0.2) is 0 Å². The first kappa shape index (κ1) is 10.2. The van der Waals surface area contributed by atoms with Crippen molar-refractivity contribution < 1.29 is 0 Å². The van der Waals surface area contributed by atoms with Crippen LogP contribution in [0.15, 0.2) is 30.3 Å². The number of hydrogen-bond acceptors (Lipinski definition) is 2. The van der Waals surface area contributed by atoms with Crippen molar-refractivity contribution in [1.29, 1.82) is 0 Å². The third-order valence-electron chi connectivity index (χ3n) is 1.60. The van der Waals surface area contributed by atoms with E-state index in [0.717, 1.165) is 6.54 Å². The number of hydrazine groups is 1. The van der Waals surface area contributed by atoms with E-state index in [4.69, 9.17) is 0 Å². The minimum atomic E-state index is 0.120. The Bertz CT molecular complexity index is 236. The van der Waals surface area contributed by atoms with E-state index in [1.54, 1.807) is 0 Å². The lowest BCUT2D eigenvalue weighted by atomic mass is 10.1. The summed E-state index contributed by atoms with van der Waals surface area (Å²) in [6, 6.07) is 10.3. The predicted octanol–water partition coefficient (Wildman–Crippen LogP) is 2.08. The number of benzene rings is 1. The summed E-state index contributed by atoms with van der Waals surface area (Å²) in [5, 5.41) is 0. The molecule has 0 atom stereocenters. The van der Waals surface area contributed by atoms with Gasteiger partial charge in [-0.1, -0.05) is 30.3 Å². The van der Waals surface area contributed by atoms with Gasteiger partial charge in [0, 0.05) is 12.1 Å². The predicted molar refractivity (Wildman–Crippen MR) is 56.2 cm³/mol. The molecule has 0 fully saturated rings. The highest BCUT2D eigenvalue weighted by atomic mass is 15.4. The molecule has 13 heavy (non-hydrogen) atoms. The first-order chi connectivity index (χ1) is 6.08. The second-order valence-corrected chi connectivity index (χ2v) is 4.21. The van der Waals surface area contributed by atoms with Crippen LogP contribution in [0.2, 0.25) is 0 Å². The van der Waals surface area contributed by atoms with Gasteiger partial charge in [-0.25, -0.2) is 0 Å². The smallest absolute Gasteiger partial charge is 0.0351 e.